The number of likely N-dealkylation sites (tertiary alicyclic amines) is 1. The van der Waals surface area contributed by atoms with E-state index in [4.69, 9.17) is 0 Å². The zero-order valence-electron chi connectivity index (χ0n) is 16.6. The highest BCUT2D eigenvalue weighted by Gasteiger charge is 2.51. The summed E-state index contributed by atoms with van der Waals surface area (Å²) in [5.74, 6) is 1.56. The average molecular weight is 359 g/mol. The molecule has 3 aliphatic rings. The Morgan fingerprint density at radius 2 is 2.00 bits per heavy atom. The van der Waals surface area contributed by atoms with Crippen LogP contribution >= 0.6 is 0 Å². The van der Waals surface area contributed by atoms with Crippen molar-refractivity contribution in [1.29, 1.82) is 0 Å². The van der Waals surface area contributed by atoms with Gasteiger partial charge in [-0.15, -0.1) is 0 Å². The molecule has 2 N–H and O–H groups in total. The second-order valence-electron chi connectivity index (χ2n) is 9.90. The van der Waals surface area contributed by atoms with Gasteiger partial charge in [-0.25, -0.2) is 4.98 Å². The molecule has 26 heavy (non-hydrogen) atoms. The van der Waals surface area contributed by atoms with Crippen LogP contribution in [0.4, 0.5) is 5.82 Å². The molecule has 0 radical (unpaired) electrons. The first-order chi connectivity index (χ1) is 12.3. The van der Waals surface area contributed by atoms with Gasteiger partial charge in [0, 0.05) is 18.7 Å². The van der Waals surface area contributed by atoms with Crippen LogP contribution in [0.3, 0.4) is 0 Å². The fraction of sp³-hybridized carbons (Fsp3) is 0.714. The average Bonchev–Trinajstić information content (AvgIpc) is 2.85. The standard InChI is InChI=1S/C21H32N4O/c1-20(2)12-17-13-21(3,15-20)16-25(17)19(26)14-23-8-10-24(11-9-23)18-6-4-5-7-22-18/h4-7,17H,8-16H2,1-3H3/p+2/t17-,21-/m0/s1. The summed E-state index contributed by atoms with van der Waals surface area (Å²) >= 11 is 0. The molecule has 1 aromatic rings. The van der Waals surface area contributed by atoms with Crippen LogP contribution < -0.4 is 14.8 Å². The van der Waals surface area contributed by atoms with Crippen LogP contribution in [-0.4, -0.2) is 56.1 Å². The van der Waals surface area contributed by atoms with Crippen molar-refractivity contribution in [3.05, 3.63) is 24.4 Å². The number of H-pyrrole nitrogens is 1. The molecule has 142 valence electrons. The highest BCUT2D eigenvalue weighted by molar-refractivity contribution is 5.78. The molecule has 3 fully saturated rings. The molecule has 0 unspecified atom stereocenters. The molecule has 4 rings (SSSR count). The summed E-state index contributed by atoms with van der Waals surface area (Å²) in [5.41, 5.74) is 0.705. The van der Waals surface area contributed by atoms with Gasteiger partial charge in [-0.1, -0.05) is 26.8 Å². The first-order valence-corrected chi connectivity index (χ1v) is 10.2. The van der Waals surface area contributed by atoms with Gasteiger partial charge in [0.05, 0.1) is 6.20 Å². The van der Waals surface area contributed by atoms with Crippen molar-refractivity contribution in [2.45, 2.75) is 46.1 Å². The smallest absolute Gasteiger partial charge is 0.278 e. The van der Waals surface area contributed by atoms with E-state index in [9.17, 15) is 4.79 Å². The maximum absolute atomic E-state index is 13.0. The molecule has 1 aliphatic carbocycles. The number of aromatic amines is 1. The zero-order valence-corrected chi connectivity index (χ0v) is 16.6. The van der Waals surface area contributed by atoms with Gasteiger partial charge in [-0.3, -0.25) is 9.69 Å². The molecular weight excluding hydrogens is 324 g/mol. The van der Waals surface area contributed by atoms with Crippen LogP contribution in [0.15, 0.2) is 24.4 Å². The van der Waals surface area contributed by atoms with Gasteiger partial charge in [0.1, 0.15) is 26.2 Å². The number of anilines is 1. The largest absolute Gasteiger partial charge is 0.334 e. The minimum absolute atomic E-state index is 0.333. The number of pyridine rings is 1. The number of rotatable bonds is 3. The quantitative estimate of drug-likeness (QED) is 0.861. The van der Waals surface area contributed by atoms with Crippen molar-refractivity contribution in [2.24, 2.45) is 10.8 Å². The summed E-state index contributed by atoms with van der Waals surface area (Å²) in [5, 5.41) is 0. The minimum Gasteiger partial charge on any atom is -0.334 e. The van der Waals surface area contributed by atoms with Gasteiger partial charge in [0.2, 0.25) is 0 Å². The van der Waals surface area contributed by atoms with Gasteiger partial charge in [0.25, 0.3) is 11.7 Å². The van der Waals surface area contributed by atoms with Gasteiger partial charge >= 0.3 is 0 Å². The number of fused-ring (bicyclic) bond motifs is 2. The number of nitrogens with zero attached hydrogens (tertiary/aromatic N) is 2. The predicted molar refractivity (Wildman–Crippen MR) is 102 cm³/mol. The van der Waals surface area contributed by atoms with E-state index < -0.39 is 0 Å². The van der Waals surface area contributed by atoms with E-state index >= 15 is 0 Å². The molecule has 2 bridgehead atoms. The molecule has 5 heteroatoms. The van der Waals surface area contributed by atoms with Gasteiger partial charge in [-0.2, -0.15) is 0 Å². The molecule has 0 aromatic carbocycles. The first-order valence-electron chi connectivity index (χ1n) is 10.2. The lowest BCUT2D eigenvalue weighted by atomic mass is 9.65. The zero-order chi connectivity index (χ0) is 18.4. The maximum atomic E-state index is 13.0. The summed E-state index contributed by atoms with van der Waals surface area (Å²) in [6.07, 6.45) is 5.60. The Bertz CT molecular complexity index is 653. The SMILES string of the molecule is CC1(C)C[C@H]2C[C@](C)(CN2C(=O)C[NH+]2CCN(c3cccc[nH+]3)CC2)C1. The Morgan fingerprint density at radius 3 is 2.69 bits per heavy atom. The summed E-state index contributed by atoms with van der Waals surface area (Å²) in [7, 11) is 0. The molecule has 1 amide bonds. The van der Waals surface area contributed by atoms with Crippen LogP contribution in [0, 0.1) is 10.8 Å². The van der Waals surface area contributed by atoms with Gasteiger partial charge in [0.15, 0.2) is 6.54 Å². The fourth-order valence-electron chi connectivity index (χ4n) is 5.89. The van der Waals surface area contributed by atoms with Crippen LogP contribution in [0.1, 0.15) is 40.0 Å². The van der Waals surface area contributed by atoms with Crippen LogP contribution in [0.25, 0.3) is 0 Å². The Kier molecular flexibility index (Phi) is 4.46. The topological polar surface area (TPSA) is 42.1 Å². The number of carbonyl (C=O) groups excluding carboxylic acids is 1. The predicted octanol–water partition coefficient (Wildman–Crippen LogP) is 0.633. The molecular formula is C21H34N4O+2. The number of piperazine rings is 1. The second kappa shape index (κ2) is 6.52. The molecule has 2 aliphatic heterocycles. The normalized spacial score (nSPS) is 31.3. The van der Waals surface area contributed by atoms with E-state index in [1.807, 2.05) is 12.3 Å². The van der Waals surface area contributed by atoms with Crippen molar-refractivity contribution >= 4 is 11.7 Å². The number of aromatic nitrogens is 1. The molecule has 2 atom stereocenters. The third kappa shape index (κ3) is 3.59. The number of hydrogen-bond acceptors (Lipinski definition) is 2. The fourth-order valence-corrected chi connectivity index (χ4v) is 5.89. The molecule has 5 nitrogen and oxygen atoms in total. The Balaban J connectivity index is 1.32. The van der Waals surface area contributed by atoms with Crippen molar-refractivity contribution < 1.29 is 14.7 Å². The summed E-state index contributed by atoms with van der Waals surface area (Å²) in [6.45, 7) is 12.9. The van der Waals surface area contributed by atoms with Gasteiger partial charge < -0.3 is 9.80 Å². The number of hydrogen-bond donors (Lipinski definition) is 1. The van der Waals surface area contributed by atoms with Crippen molar-refractivity contribution in [2.75, 3.05) is 44.2 Å². The summed E-state index contributed by atoms with van der Waals surface area (Å²) < 4.78 is 0. The summed E-state index contributed by atoms with van der Waals surface area (Å²) in [4.78, 5) is 22.4. The molecule has 3 heterocycles. The lowest BCUT2D eigenvalue weighted by Gasteiger charge is -2.39. The molecule has 1 aromatic heterocycles. The molecule has 2 saturated heterocycles. The van der Waals surface area contributed by atoms with E-state index in [1.54, 1.807) is 0 Å². The lowest BCUT2D eigenvalue weighted by molar-refractivity contribution is -0.892. The van der Waals surface area contributed by atoms with Crippen molar-refractivity contribution in [1.82, 2.24) is 4.90 Å². The minimum atomic E-state index is 0.333. The van der Waals surface area contributed by atoms with E-state index in [2.05, 4.69) is 47.7 Å². The number of amides is 1. The van der Waals surface area contributed by atoms with Crippen LogP contribution in [0.5, 0.6) is 0 Å². The highest BCUT2D eigenvalue weighted by Crippen LogP contribution is 2.52. The Labute approximate surface area is 157 Å². The van der Waals surface area contributed by atoms with Crippen molar-refractivity contribution in [3.8, 4) is 0 Å². The monoisotopic (exact) mass is 358 g/mol. The first kappa shape index (κ1) is 17.8. The van der Waals surface area contributed by atoms with E-state index in [1.165, 1.54) is 30.0 Å². The number of quaternary nitrogens is 1. The van der Waals surface area contributed by atoms with Crippen LogP contribution in [0.2, 0.25) is 0 Å². The van der Waals surface area contributed by atoms with Crippen molar-refractivity contribution in [3.63, 3.8) is 0 Å². The third-order valence-electron chi connectivity index (χ3n) is 6.64. The molecule has 0 spiro atoms. The van der Waals surface area contributed by atoms with E-state index in [0.29, 0.717) is 29.3 Å². The second-order valence-corrected chi connectivity index (χ2v) is 9.90. The Morgan fingerprint density at radius 1 is 1.23 bits per heavy atom. The van der Waals surface area contributed by atoms with Gasteiger partial charge in [-0.05, 0) is 36.2 Å². The third-order valence-corrected chi connectivity index (χ3v) is 6.64. The van der Waals surface area contributed by atoms with E-state index in [0.717, 1.165) is 32.7 Å². The number of carbonyl (C=O) groups is 1. The van der Waals surface area contributed by atoms with E-state index in [-0.39, 0.29) is 0 Å². The lowest BCUT2D eigenvalue weighted by Crippen LogP contribution is -3.16. The Hall–Kier alpha value is -1.62. The molecule has 1 saturated carbocycles. The number of nitrogens with one attached hydrogen (secondary N) is 2. The highest BCUT2D eigenvalue weighted by atomic mass is 16.2. The summed E-state index contributed by atoms with van der Waals surface area (Å²) in [6, 6.07) is 6.68. The maximum Gasteiger partial charge on any atom is 0.278 e. The van der Waals surface area contributed by atoms with Crippen LogP contribution in [-0.2, 0) is 4.79 Å².